The molecule has 8 nitrogen and oxygen atoms in total. The molecule has 2 aromatic rings. The number of carbonyl (C=O) groups is 2. The number of nitrogens with one attached hydrogen (secondary N) is 1. The number of ketones is 1. The van der Waals surface area contributed by atoms with E-state index < -0.39 is 17.6 Å². The van der Waals surface area contributed by atoms with Crippen LogP contribution in [0.15, 0.2) is 36.4 Å². The lowest BCUT2D eigenvalue weighted by molar-refractivity contribution is -0.139. The molecule has 0 aliphatic rings. The lowest BCUT2D eigenvalue weighted by Gasteiger charge is -2.16. The van der Waals surface area contributed by atoms with Gasteiger partial charge in [-0.15, -0.1) is 0 Å². The normalized spacial score (nSPS) is 10.2. The van der Waals surface area contributed by atoms with Gasteiger partial charge in [-0.2, -0.15) is 0 Å². The molecule has 2 rings (SSSR count). The van der Waals surface area contributed by atoms with E-state index in [2.05, 4.69) is 11.1 Å². The van der Waals surface area contributed by atoms with E-state index in [1.807, 2.05) is 0 Å². The smallest absolute Gasteiger partial charge is 0.310 e. The second-order valence-corrected chi connectivity index (χ2v) is 6.91. The Bertz CT molecular complexity index is 891. The number of rotatable bonds is 13. The predicted molar refractivity (Wildman–Crippen MR) is 124 cm³/mol. The van der Waals surface area contributed by atoms with Crippen molar-refractivity contribution < 1.29 is 33.7 Å². The molecule has 0 heterocycles. The number of unbranched alkanes of at least 4 members (excludes halogenated alkanes) is 1. The molecule has 0 fully saturated rings. The predicted octanol–water partition coefficient (Wildman–Crippen LogP) is 2.64. The third kappa shape index (κ3) is 9.17. The van der Waals surface area contributed by atoms with Crippen molar-refractivity contribution in [3.8, 4) is 5.75 Å². The highest BCUT2D eigenvalue weighted by Crippen LogP contribution is 2.28. The summed E-state index contributed by atoms with van der Waals surface area (Å²) in [6.45, 7) is 1.71. The topological polar surface area (TPSA) is 131 Å². The number of methoxy groups -OCH3 is 1. The fourth-order valence-electron chi connectivity index (χ4n) is 3.04. The second-order valence-electron chi connectivity index (χ2n) is 6.91. The Morgan fingerprint density at radius 1 is 1.09 bits per heavy atom. The Morgan fingerprint density at radius 3 is 2.52 bits per heavy atom. The molecule has 5 N–H and O–H groups in total. The van der Waals surface area contributed by atoms with Gasteiger partial charge in [0, 0.05) is 37.6 Å². The van der Waals surface area contributed by atoms with Crippen LogP contribution < -0.4 is 11.1 Å². The van der Waals surface area contributed by atoms with Crippen molar-refractivity contribution >= 4 is 17.4 Å². The molecule has 0 aliphatic heterocycles. The summed E-state index contributed by atoms with van der Waals surface area (Å²) in [6, 6.07) is 8.19. The summed E-state index contributed by atoms with van der Waals surface area (Å²) in [5.74, 6) is -2.10. The largest absolute Gasteiger partial charge is 0.507 e. The number of ether oxygens (including phenoxy) is 2. The zero-order valence-electron chi connectivity index (χ0n) is 19.1. The van der Waals surface area contributed by atoms with E-state index in [4.69, 9.17) is 14.6 Å². The van der Waals surface area contributed by atoms with Crippen LogP contribution in [0.1, 0.15) is 40.7 Å². The number of anilines is 1. The van der Waals surface area contributed by atoms with Crippen molar-refractivity contribution in [2.45, 2.75) is 25.7 Å². The van der Waals surface area contributed by atoms with Crippen LogP contribution >= 0.6 is 0 Å². The lowest BCUT2D eigenvalue weighted by Crippen LogP contribution is -2.15. The first-order chi connectivity index (χ1) is 16.0. The van der Waals surface area contributed by atoms with Gasteiger partial charge in [0.2, 0.25) is 0 Å². The fourth-order valence-corrected chi connectivity index (χ4v) is 3.04. The molecule has 0 saturated heterocycles. The number of nitrogens with two attached hydrogens (primary N) is 1. The van der Waals surface area contributed by atoms with Crippen LogP contribution in [0, 0.1) is 5.82 Å². The Hall–Kier alpha value is -3.01. The highest BCUT2D eigenvalue weighted by molar-refractivity contribution is 6.15. The lowest BCUT2D eigenvalue weighted by atomic mass is 9.94. The maximum atomic E-state index is 13.7. The molecule has 0 saturated carbocycles. The summed E-state index contributed by atoms with van der Waals surface area (Å²) in [7, 11) is 2.76. The Balaban J connectivity index is 0.00000265. The standard InChI is InChI=1S/C23H28FNO6.CH5N/c1-30-21(28)14-16-6-4-7-19(25-10-2-3-12-31-13-5-11-26)22(16)23(29)18-15-17(24)8-9-20(18)27;1-2/h4,6-9,15,25-27H,2-3,5,10-14H2,1H3;2H2,1H3. The number of halogens is 1. The molecule has 0 spiro atoms. The van der Waals surface area contributed by atoms with Gasteiger partial charge in [0.05, 0.1) is 19.1 Å². The Kier molecular flexibility index (Phi) is 13.4. The van der Waals surface area contributed by atoms with E-state index >= 15 is 0 Å². The summed E-state index contributed by atoms with van der Waals surface area (Å²) in [5.41, 5.74) is 5.40. The van der Waals surface area contributed by atoms with Crippen molar-refractivity contribution in [3.63, 3.8) is 0 Å². The SMILES string of the molecule is CN.COC(=O)Cc1cccc(NCCCCOCCCO)c1C(=O)c1cc(F)ccc1O. The van der Waals surface area contributed by atoms with Gasteiger partial charge in [0.25, 0.3) is 0 Å². The molecular weight excluding hydrogens is 431 g/mol. The molecule has 182 valence electrons. The highest BCUT2D eigenvalue weighted by Gasteiger charge is 2.22. The number of aromatic hydroxyl groups is 1. The molecular formula is C24H33FN2O6. The Morgan fingerprint density at radius 2 is 1.82 bits per heavy atom. The maximum Gasteiger partial charge on any atom is 0.310 e. The van der Waals surface area contributed by atoms with Gasteiger partial charge >= 0.3 is 5.97 Å². The van der Waals surface area contributed by atoms with Gasteiger partial charge in [0.15, 0.2) is 5.78 Å². The van der Waals surface area contributed by atoms with Crippen molar-refractivity contribution in [1.82, 2.24) is 0 Å². The van der Waals surface area contributed by atoms with Crippen LogP contribution in [0.2, 0.25) is 0 Å². The highest BCUT2D eigenvalue weighted by atomic mass is 19.1. The number of hydrogen-bond acceptors (Lipinski definition) is 8. The summed E-state index contributed by atoms with van der Waals surface area (Å²) in [4.78, 5) is 25.0. The first-order valence-corrected chi connectivity index (χ1v) is 10.7. The van der Waals surface area contributed by atoms with E-state index in [9.17, 15) is 19.1 Å². The van der Waals surface area contributed by atoms with E-state index in [-0.39, 0.29) is 29.9 Å². The van der Waals surface area contributed by atoms with Crippen molar-refractivity contribution in [2.75, 3.05) is 45.8 Å². The molecule has 0 bridgehead atoms. The zero-order chi connectivity index (χ0) is 24.6. The number of esters is 1. The number of benzene rings is 2. The summed E-state index contributed by atoms with van der Waals surface area (Å²) in [5, 5.41) is 22.0. The van der Waals surface area contributed by atoms with Gasteiger partial charge in [-0.3, -0.25) is 9.59 Å². The van der Waals surface area contributed by atoms with Crippen molar-refractivity contribution in [2.24, 2.45) is 5.73 Å². The van der Waals surface area contributed by atoms with Gasteiger partial charge in [-0.1, -0.05) is 12.1 Å². The molecule has 0 aromatic heterocycles. The van der Waals surface area contributed by atoms with E-state index in [0.29, 0.717) is 37.4 Å². The maximum absolute atomic E-state index is 13.7. The molecule has 2 aromatic carbocycles. The second kappa shape index (κ2) is 15.7. The number of hydrogen-bond donors (Lipinski definition) is 4. The molecule has 0 atom stereocenters. The zero-order valence-corrected chi connectivity index (χ0v) is 19.1. The van der Waals surface area contributed by atoms with Crippen LogP contribution in [0.5, 0.6) is 5.75 Å². The van der Waals surface area contributed by atoms with Crippen LogP contribution in [0.4, 0.5) is 10.1 Å². The minimum Gasteiger partial charge on any atom is -0.507 e. The van der Waals surface area contributed by atoms with Gasteiger partial charge in [-0.25, -0.2) is 4.39 Å². The number of phenols is 1. The molecule has 0 unspecified atom stereocenters. The number of aliphatic hydroxyl groups is 1. The summed E-state index contributed by atoms with van der Waals surface area (Å²) in [6.07, 6.45) is 2.01. The fraction of sp³-hybridized carbons (Fsp3) is 0.417. The van der Waals surface area contributed by atoms with Crippen LogP contribution in [-0.2, 0) is 20.7 Å². The summed E-state index contributed by atoms with van der Waals surface area (Å²) >= 11 is 0. The molecule has 0 radical (unpaired) electrons. The van der Waals surface area contributed by atoms with Crippen LogP contribution in [-0.4, -0.2) is 62.5 Å². The van der Waals surface area contributed by atoms with Crippen molar-refractivity contribution in [1.29, 1.82) is 0 Å². The first-order valence-electron chi connectivity index (χ1n) is 10.7. The third-order valence-electron chi connectivity index (χ3n) is 4.62. The van der Waals surface area contributed by atoms with Gasteiger partial charge < -0.3 is 30.7 Å². The quantitative estimate of drug-likeness (QED) is 0.202. The number of phenolic OH excluding ortho intramolecular Hbond substituents is 1. The molecule has 0 amide bonds. The number of carbonyl (C=O) groups excluding carboxylic acids is 2. The number of aliphatic hydroxyl groups excluding tert-OH is 1. The molecule has 0 aliphatic carbocycles. The average Bonchev–Trinajstić information content (AvgIpc) is 2.83. The van der Waals surface area contributed by atoms with E-state index in [0.717, 1.165) is 31.0 Å². The van der Waals surface area contributed by atoms with Crippen LogP contribution in [0.3, 0.4) is 0 Å². The summed E-state index contributed by atoms with van der Waals surface area (Å²) < 4.78 is 23.8. The monoisotopic (exact) mass is 464 g/mol. The average molecular weight is 465 g/mol. The van der Waals surface area contributed by atoms with E-state index in [1.54, 1.807) is 18.2 Å². The first kappa shape index (κ1) is 28.0. The third-order valence-corrected chi connectivity index (χ3v) is 4.62. The molecule has 33 heavy (non-hydrogen) atoms. The minimum absolute atomic E-state index is 0.0984. The van der Waals surface area contributed by atoms with Crippen LogP contribution in [0.25, 0.3) is 0 Å². The van der Waals surface area contributed by atoms with Gasteiger partial charge in [-0.05, 0) is 56.1 Å². The van der Waals surface area contributed by atoms with Gasteiger partial charge in [0.1, 0.15) is 11.6 Å². The minimum atomic E-state index is -0.651. The van der Waals surface area contributed by atoms with Crippen molar-refractivity contribution in [3.05, 3.63) is 58.9 Å². The van der Waals surface area contributed by atoms with E-state index in [1.165, 1.54) is 14.2 Å². The molecule has 9 heteroatoms. The Labute approximate surface area is 193 Å².